The molecule has 26 heavy (non-hydrogen) atoms. The Kier molecular flexibility index (Phi) is 4.67. The van der Waals surface area contributed by atoms with E-state index in [1.807, 2.05) is 19.9 Å². The maximum absolute atomic E-state index is 13.9. The number of nitrogens with zero attached hydrogens (tertiary/aromatic N) is 5. The van der Waals surface area contributed by atoms with Gasteiger partial charge in [-0.3, -0.25) is 0 Å². The van der Waals surface area contributed by atoms with Gasteiger partial charge in [0.25, 0.3) is 0 Å². The number of hydrogen-bond donors (Lipinski definition) is 0. The lowest BCUT2D eigenvalue weighted by Gasteiger charge is -2.20. The minimum absolute atomic E-state index is 0.0560. The molecule has 8 heteroatoms. The summed E-state index contributed by atoms with van der Waals surface area (Å²) in [7, 11) is 0. The van der Waals surface area contributed by atoms with E-state index in [0.717, 1.165) is 29.5 Å². The molecular weight excluding hydrogens is 353 g/mol. The second-order valence-corrected chi connectivity index (χ2v) is 7.78. The molecule has 1 aliphatic rings. The molecule has 1 atom stereocenters. The van der Waals surface area contributed by atoms with Crippen molar-refractivity contribution in [3.05, 3.63) is 52.4 Å². The van der Waals surface area contributed by atoms with Crippen molar-refractivity contribution in [1.82, 2.24) is 20.3 Å². The van der Waals surface area contributed by atoms with Gasteiger partial charge in [-0.15, -0.1) is 10.2 Å². The van der Waals surface area contributed by atoms with Crippen LogP contribution in [0.25, 0.3) is 0 Å². The van der Waals surface area contributed by atoms with Gasteiger partial charge < -0.3 is 9.42 Å². The Hall–Kier alpha value is -2.35. The van der Waals surface area contributed by atoms with Crippen molar-refractivity contribution in [2.24, 2.45) is 0 Å². The highest BCUT2D eigenvalue weighted by atomic mass is 32.1. The summed E-state index contributed by atoms with van der Waals surface area (Å²) >= 11 is 1.50. The van der Waals surface area contributed by atoms with Crippen LogP contribution in [0.2, 0.25) is 0 Å². The first-order chi connectivity index (χ1) is 12.6. The van der Waals surface area contributed by atoms with E-state index >= 15 is 0 Å². The molecule has 0 radical (unpaired) electrons. The third-order valence-electron chi connectivity index (χ3n) is 4.50. The summed E-state index contributed by atoms with van der Waals surface area (Å²) in [5.74, 6) is 1.36. The molecule has 0 spiro atoms. The zero-order valence-corrected chi connectivity index (χ0v) is 15.5. The Morgan fingerprint density at radius 2 is 2.15 bits per heavy atom. The summed E-state index contributed by atoms with van der Waals surface area (Å²) in [6.45, 7) is 4.94. The number of rotatable bonds is 5. The standard InChI is InChI=1S/C18H20FN5OS/c1-11(2)17-20-16(23-25-17)14-8-5-9-24(14)18-22-21-15(26-18)10-12-6-3-4-7-13(12)19/h3-4,6-7,11,14H,5,8-10H2,1-2H3. The zero-order valence-electron chi connectivity index (χ0n) is 14.7. The normalized spacial score (nSPS) is 17.4. The first-order valence-electron chi connectivity index (χ1n) is 8.77. The van der Waals surface area contributed by atoms with Gasteiger partial charge in [-0.25, -0.2) is 4.39 Å². The minimum Gasteiger partial charge on any atom is -0.339 e. The Morgan fingerprint density at radius 1 is 1.31 bits per heavy atom. The van der Waals surface area contributed by atoms with Crippen molar-refractivity contribution in [2.45, 2.75) is 45.1 Å². The Labute approximate surface area is 155 Å². The van der Waals surface area contributed by atoms with Crippen LogP contribution in [0.15, 0.2) is 28.8 Å². The van der Waals surface area contributed by atoms with Gasteiger partial charge in [-0.2, -0.15) is 4.98 Å². The fraction of sp³-hybridized carbons (Fsp3) is 0.444. The van der Waals surface area contributed by atoms with E-state index in [9.17, 15) is 4.39 Å². The molecule has 1 unspecified atom stereocenters. The molecule has 2 aromatic heterocycles. The first-order valence-corrected chi connectivity index (χ1v) is 9.59. The highest BCUT2D eigenvalue weighted by molar-refractivity contribution is 7.15. The van der Waals surface area contributed by atoms with E-state index < -0.39 is 0 Å². The van der Waals surface area contributed by atoms with E-state index in [1.165, 1.54) is 17.4 Å². The molecule has 1 saturated heterocycles. The SMILES string of the molecule is CC(C)c1nc(C2CCCN2c2nnc(Cc3ccccc3F)s2)no1. The lowest BCUT2D eigenvalue weighted by molar-refractivity contribution is 0.358. The van der Waals surface area contributed by atoms with Crippen LogP contribution >= 0.6 is 11.3 Å². The fourth-order valence-corrected chi connectivity index (χ4v) is 4.06. The second kappa shape index (κ2) is 7.11. The van der Waals surface area contributed by atoms with E-state index in [2.05, 4.69) is 25.2 Å². The van der Waals surface area contributed by atoms with Gasteiger partial charge in [0.2, 0.25) is 11.0 Å². The quantitative estimate of drug-likeness (QED) is 0.670. The van der Waals surface area contributed by atoms with E-state index in [1.54, 1.807) is 12.1 Å². The Bertz CT molecular complexity index is 893. The third kappa shape index (κ3) is 3.33. The van der Waals surface area contributed by atoms with Gasteiger partial charge in [0.15, 0.2) is 5.82 Å². The number of aromatic nitrogens is 4. The largest absolute Gasteiger partial charge is 0.339 e. The van der Waals surface area contributed by atoms with Gasteiger partial charge in [0, 0.05) is 18.9 Å². The summed E-state index contributed by atoms with van der Waals surface area (Å²) < 4.78 is 19.2. The predicted molar refractivity (Wildman–Crippen MR) is 96.8 cm³/mol. The number of anilines is 1. The van der Waals surface area contributed by atoms with E-state index in [-0.39, 0.29) is 17.8 Å². The lowest BCUT2D eigenvalue weighted by atomic mass is 10.1. The molecule has 3 aromatic rings. The van der Waals surface area contributed by atoms with Crippen LogP contribution in [0.4, 0.5) is 9.52 Å². The Morgan fingerprint density at radius 3 is 2.92 bits per heavy atom. The molecular formula is C18H20FN5OS. The summed E-state index contributed by atoms with van der Waals surface area (Å²) in [5, 5.41) is 14.4. The molecule has 1 aliphatic heterocycles. The average molecular weight is 373 g/mol. The number of halogens is 1. The molecule has 4 rings (SSSR count). The molecule has 3 heterocycles. The maximum Gasteiger partial charge on any atom is 0.229 e. The van der Waals surface area contributed by atoms with Crippen molar-refractivity contribution >= 4 is 16.5 Å². The highest BCUT2D eigenvalue weighted by Crippen LogP contribution is 2.37. The van der Waals surface area contributed by atoms with Gasteiger partial charge in [0.05, 0.1) is 6.04 Å². The van der Waals surface area contributed by atoms with Crippen LogP contribution < -0.4 is 4.90 Å². The van der Waals surface area contributed by atoms with Crippen LogP contribution in [0.3, 0.4) is 0 Å². The maximum atomic E-state index is 13.9. The molecule has 0 amide bonds. The lowest BCUT2D eigenvalue weighted by Crippen LogP contribution is -2.23. The minimum atomic E-state index is -0.212. The molecule has 0 saturated carbocycles. The van der Waals surface area contributed by atoms with Crippen LogP contribution in [0, 0.1) is 5.82 Å². The van der Waals surface area contributed by atoms with E-state index in [0.29, 0.717) is 23.7 Å². The summed E-state index contributed by atoms with van der Waals surface area (Å²) in [6.07, 6.45) is 2.44. The van der Waals surface area contributed by atoms with Crippen molar-refractivity contribution in [1.29, 1.82) is 0 Å². The van der Waals surface area contributed by atoms with E-state index in [4.69, 9.17) is 4.52 Å². The summed E-state index contributed by atoms with van der Waals surface area (Å²) in [5.41, 5.74) is 0.632. The smallest absolute Gasteiger partial charge is 0.229 e. The van der Waals surface area contributed by atoms with Crippen molar-refractivity contribution < 1.29 is 8.91 Å². The van der Waals surface area contributed by atoms with Crippen LogP contribution in [0.5, 0.6) is 0 Å². The molecule has 1 fully saturated rings. The molecule has 0 N–H and O–H groups in total. The molecule has 6 nitrogen and oxygen atoms in total. The molecule has 136 valence electrons. The topological polar surface area (TPSA) is 67.9 Å². The Balaban J connectivity index is 1.53. The molecule has 1 aromatic carbocycles. The van der Waals surface area contributed by atoms with Gasteiger partial charge in [0.1, 0.15) is 10.8 Å². The van der Waals surface area contributed by atoms with Crippen LogP contribution in [0.1, 0.15) is 60.9 Å². The monoisotopic (exact) mass is 373 g/mol. The zero-order chi connectivity index (χ0) is 18.1. The van der Waals surface area contributed by atoms with Gasteiger partial charge >= 0.3 is 0 Å². The predicted octanol–water partition coefficient (Wildman–Crippen LogP) is 4.12. The third-order valence-corrected chi connectivity index (χ3v) is 5.46. The molecule has 0 bridgehead atoms. The number of benzene rings is 1. The van der Waals surface area contributed by atoms with Crippen LogP contribution in [-0.2, 0) is 6.42 Å². The number of hydrogen-bond acceptors (Lipinski definition) is 7. The van der Waals surface area contributed by atoms with Gasteiger partial charge in [-0.1, -0.05) is 48.5 Å². The molecule has 0 aliphatic carbocycles. The van der Waals surface area contributed by atoms with Crippen LogP contribution in [-0.4, -0.2) is 26.9 Å². The second-order valence-electron chi connectivity index (χ2n) is 6.74. The highest BCUT2D eigenvalue weighted by Gasteiger charge is 2.32. The summed E-state index contributed by atoms with van der Waals surface area (Å²) in [6, 6.07) is 6.83. The van der Waals surface area contributed by atoms with Crippen molar-refractivity contribution in [3.8, 4) is 0 Å². The van der Waals surface area contributed by atoms with Crippen molar-refractivity contribution in [3.63, 3.8) is 0 Å². The van der Waals surface area contributed by atoms with Crippen molar-refractivity contribution in [2.75, 3.05) is 11.4 Å². The first kappa shape index (κ1) is 17.1. The van der Waals surface area contributed by atoms with Gasteiger partial charge in [-0.05, 0) is 24.5 Å². The summed E-state index contributed by atoms with van der Waals surface area (Å²) in [4.78, 5) is 6.72. The average Bonchev–Trinajstić information content (AvgIpc) is 3.36. The fourth-order valence-electron chi connectivity index (χ4n) is 3.12.